The average molecular weight is 405 g/mol. The van der Waals surface area contributed by atoms with Crippen molar-refractivity contribution in [2.24, 2.45) is 0 Å². The van der Waals surface area contributed by atoms with Crippen LogP contribution in [0.25, 0.3) is 0 Å². The molecule has 0 saturated heterocycles. The third kappa shape index (κ3) is 8.87. The van der Waals surface area contributed by atoms with Crippen LogP contribution in [0.15, 0.2) is 27.6 Å². The molecule has 0 amide bonds. The van der Waals surface area contributed by atoms with E-state index in [-0.39, 0.29) is 4.90 Å². The Hall–Kier alpha value is -0.390. The highest BCUT2D eigenvalue weighted by Gasteiger charge is 2.11. The summed E-state index contributed by atoms with van der Waals surface area (Å²) >= 11 is 3.39. The van der Waals surface area contributed by atoms with Gasteiger partial charge in [-0.3, -0.25) is 4.55 Å². The number of rotatable bonds is 12. The standard InChI is InChI=1S/C18H29BrO3S/c1-2-3-4-5-6-7-8-9-10-11-12-16-13-14-17(15-18(16)19)23(20,21)22/h13-15H,2-12H2,1H3,(H,20,21,22). The van der Waals surface area contributed by atoms with Gasteiger partial charge in [0.25, 0.3) is 10.1 Å². The van der Waals surface area contributed by atoms with E-state index < -0.39 is 10.1 Å². The zero-order valence-electron chi connectivity index (χ0n) is 14.1. The molecule has 0 fully saturated rings. The molecule has 0 heterocycles. The van der Waals surface area contributed by atoms with Crippen molar-refractivity contribution >= 4 is 26.0 Å². The Morgan fingerprint density at radius 3 is 1.91 bits per heavy atom. The zero-order valence-corrected chi connectivity index (χ0v) is 16.5. The third-order valence-electron chi connectivity index (χ3n) is 4.12. The predicted molar refractivity (Wildman–Crippen MR) is 99.5 cm³/mol. The van der Waals surface area contributed by atoms with Gasteiger partial charge in [-0.05, 0) is 30.5 Å². The van der Waals surface area contributed by atoms with Crippen LogP contribution in [0.4, 0.5) is 0 Å². The van der Waals surface area contributed by atoms with Crippen molar-refractivity contribution in [3.63, 3.8) is 0 Å². The number of benzene rings is 1. The van der Waals surface area contributed by atoms with E-state index in [0.717, 1.165) is 22.9 Å². The molecule has 1 aromatic rings. The van der Waals surface area contributed by atoms with Gasteiger partial charge in [0.15, 0.2) is 0 Å². The third-order valence-corrected chi connectivity index (χ3v) is 5.71. The van der Waals surface area contributed by atoms with E-state index >= 15 is 0 Å². The Bertz CT molecular complexity index is 555. The smallest absolute Gasteiger partial charge is 0.282 e. The van der Waals surface area contributed by atoms with Gasteiger partial charge in [0.2, 0.25) is 0 Å². The molecule has 1 aromatic carbocycles. The number of unbranched alkanes of at least 4 members (excludes halogenated alkanes) is 9. The molecule has 0 atom stereocenters. The minimum Gasteiger partial charge on any atom is -0.282 e. The van der Waals surface area contributed by atoms with Gasteiger partial charge in [0.1, 0.15) is 0 Å². The first kappa shape index (κ1) is 20.7. The molecule has 0 aliphatic heterocycles. The number of aryl methyl sites for hydroxylation is 1. The fourth-order valence-corrected chi connectivity index (χ4v) is 3.93. The second-order valence-electron chi connectivity index (χ2n) is 6.16. The van der Waals surface area contributed by atoms with Crippen LogP contribution in [0.2, 0.25) is 0 Å². The summed E-state index contributed by atoms with van der Waals surface area (Å²) in [7, 11) is -4.12. The van der Waals surface area contributed by atoms with E-state index in [2.05, 4.69) is 22.9 Å². The van der Waals surface area contributed by atoms with E-state index in [1.54, 1.807) is 6.07 Å². The minimum absolute atomic E-state index is 0.0591. The van der Waals surface area contributed by atoms with E-state index in [1.807, 2.05) is 0 Å². The zero-order chi connectivity index (χ0) is 17.1. The van der Waals surface area contributed by atoms with Gasteiger partial charge >= 0.3 is 0 Å². The largest absolute Gasteiger partial charge is 0.294 e. The highest BCUT2D eigenvalue weighted by atomic mass is 79.9. The van der Waals surface area contributed by atoms with Gasteiger partial charge < -0.3 is 0 Å². The Balaban J connectivity index is 2.17. The summed E-state index contributed by atoms with van der Waals surface area (Å²) < 4.78 is 31.9. The van der Waals surface area contributed by atoms with Crippen LogP contribution in [0.1, 0.15) is 76.7 Å². The van der Waals surface area contributed by atoms with E-state index in [1.165, 1.54) is 69.9 Å². The van der Waals surface area contributed by atoms with Crippen LogP contribution >= 0.6 is 15.9 Å². The van der Waals surface area contributed by atoms with Crippen LogP contribution in [-0.2, 0) is 16.5 Å². The molecular weight excluding hydrogens is 376 g/mol. The fraction of sp³-hybridized carbons (Fsp3) is 0.667. The number of hydrogen-bond donors (Lipinski definition) is 1. The molecule has 0 radical (unpaired) electrons. The van der Waals surface area contributed by atoms with E-state index in [0.29, 0.717) is 0 Å². The summed E-state index contributed by atoms with van der Waals surface area (Å²) in [5.74, 6) is 0. The fourth-order valence-electron chi connectivity index (χ4n) is 2.69. The molecule has 132 valence electrons. The van der Waals surface area contributed by atoms with Crippen molar-refractivity contribution in [2.75, 3.05) is 0 Å². The summed E-state index contributed by atoms with van der Waals surface area (Å²) in [5, 5.41) is 0. The monoisotopic (exact) mass is 404 g/mol. The molecule has 0 saturated carbocycles. The van der Waals surface area contributed by atoms with Crippen molar-refractivity contribution in [1.82, 2.24) is 0 Å². The van der Waals surface area contributed by atoms with Crippen LogP contribution in [0, 0.1) is 0 Å². The molecule has 3 nitrogen and oxygen atoms in total. The van der Waals surface area contributed by atoms with Crippen molar-refractivity contribution in [3.8, 4) is 0 Å². The lowest BCUT2D eigenvalue weighted by molar-refractivity contribution is 0.483. The Morgan fingerprint density at radius 1 is 0.913 bits per heavy atom. The molecule has 5 heteroatoms. The minimum atomic E-state index is -4.12. The Morgan fingerprint density at radius 2 is 1.43 bits per heavy atom. The molecule has 1 N–H and O–H groups in total. The van der Waals surface area contributed by atoms with E-state index in [9.17, 15) is 8.42 Å². The molecular formula is C18H29BrO3S. The maximum atomic E-state index is 11.1. The van der Waals surface area contributed by atoms with Gasteiger partial charge in [-0.2, -0.15) is 8.42 Å². The number of hydrogen-bond acceptors (Lipinski definition) is 2. The highest BCUT2D eigenvalue weighted by molar-refractivity contribution is 9.10. The SMILES string of the molecule is CCCCCCCCCCCCc1ccc(S(=O)(=O)O)cc1Br. The lowest BCUT2D eigenvalue weighted by atomic mass is 10.0. The van der Waals surface area contributed by atoms with Crippen LogP contribution < -0.4 is 0 Å². The molecule has 0 bridgehead atoms. The van der Waals surface area contributed by atoms with Crippen LogP contribution in [0.3, 0.4) is 0 Å². The highest BCUT2D eigenvalue weighted by Crippen LogP contribution is 2.23. The van der Waals surface area contributed by atoms with Gasteiger partial charge in [-0.25, -0.2) is 0 Å². The van der Waals surface area contributed by atoms with Crippen LogP contribution in [0.5, 0.6) is 0 Å². The normalized spacial score (nSPS) is 11.8. The summed E-state index contributed by atoms with van der Waals surface area (Å²) in [6, 6.07) is 4.72. The van der Waals surface area contributed by atoms with Gasteiger partial charge in [-0.1, -0.05) is 86.7 Å². The van der Waals surface area contributed by atoms with Crippen LogP contribution in [-0.4, -0.2) is 13.0 Å². The first-order valence-corrected chi connectivity index (χ1v) is 10.9. The predicted octanol–water partition coefficient (Wildman–Crippen LogP) is 6.16. The first-order chi connectivity index (χ1) is 10.9. The Labute approximate surface area is 149 Å². The second-order valence-corrected chi connectivity index (χ2v) is 8.44. The van der Waals surface area contributed by atoms with Crippen molar-refractivity contribution < 1.29 is 13.0 Å². The topological polar surface area (TPSA) is 54.4 Å². The molecule has 0 aliphatic carbocycles. The Kier molecular flexibility index (Phi) is 10.1. The maximum absolute atomic E-state index is 11.1. The van der Waals surface area contributed by atoms with Gasteiger partial charge in [0.05, 0.1) is 4.90 Å². The summed E-state index contributed by atoms with van der Waals surface area (Å²) in [4.78, 5) is -0.0591. The first-order valence-electron chi connectivity index (χ1n) is 8.71. The number of halogens is 1. The lowest BCUT2D eigenvalue weighted by Crippen LogP contribution is -1.99. The molecule has 23 heavy (non-hydrogen) atoms. The average Bonchev–Trinajstić information content (AvgIpc) is 2.49. The van der Waals surface area contributed by atoms with Crippen molar-refractivity contribution in [1.29, 1.82) is 0 Å². The van der Waals surface area contributed by atoms with Crippen molar-refractivity contribution in [2.45, 2.75) is 82.4 Å². The quantitative estimate of drug-likeness (QED) is 0.335. The lowest BCUT2D eigenvalue weighted by Gasteiger charge is -2.06. The van der Waals surface area contributed by atoms with E-state index in [4.69, 9.17) is 4.55 Å². The molecule has 0 spiro atoms. The summed E-state index contributed by atoms with van der Waals surface area (Å²) in [6.07, 6.45) is 14.0. The molecule has 1 rings (SSSR count). The maximum Gasteiger partial charge on any atom is 0.294 e. The van der Waals surface area contributed by atoms with Gasteiger partial charge in [0, 0.05) is 4.47 Å². The molecule has 0 aromatic heterocycles. The molecule has 0 aliphatic rings. The summed E-state index contributed by atoms with van der Waals surface area (Å²) in [5.41, 5.74) is 1.09. The second kappa shape index (κ2) is 11.2. The summed E-state index contributed by atoms with van der Waals surface area (Å²) in [6.45, 7) is 2.24. The molecule has 0 unspecified atom stereocenters. The van der Waals surface area contributed by atoms with Crippen molar-refractivity contribution in [3.05, 3.63) is 28.2 Å². The van der Waals surface area contributed by atoms with Gasteiger partial charge in [-0.15, -0.1) is 0 Å².